The first kappa shape index (κ1) is 2.67. The molecular weight excluding hydrogens is 74.1 g/mol. The van der Waals surface area contributed by atoms with Crippen LogP contribution in [0.4, 0.5) is 0 Å². The predicted octanol–water partition coefficient (Wildman–Crippen LogP) is 0.623. The van der Waals surface area contributed by atoms with Crippen LogP contribution in [0.15, 0.2) is 11.3 Å². The van der Waals surface area contributed by atoms with E-state index in [0.29, 0.717) is 0 Å². The molecule has 1 atom stereocenters. The van der Waals surface area contributed by atoms with Crippen LogP contribution in [0.1, 0.15) is 12.8 Å². The van der Waals surface area contributed by atoms with E-state index >= 15 is 0 Å². The van der Waals surface area contributed by atoms with Crippen molar-refractivity contribution in [2.45, 2.75) is 12.8 Å². The van der Waals surface area contributed by atoms with Gasteiger partial charge in [-0.25, -0.2) is 0 Å². The number of hydrogen-bond donors (Lipinski definition) is 1. The van der Waals surface area contributed by atoms with Crippen molar-refractivity contribution in [3.8, 4) is 0 Å². The molecule has 2 aliphatic rings. The maximum Gasteiger partial charge on any atom is 0.00818 e. The first-order chi connectivity index (χ1) is 2.88. The molecule has 2 rings (SSSR count). The highest BCUT2D eigenvalue weighted by Crippen LogP contribution is 2.52. The van der Waals surface area contributed by atoms with Gasteiger partial charge in [0, 0.05) is 5.70 Å². The molecule has 1 saturated carbocycles. The van der Waals surface area contributed by atoms with Crippen molar-refractivity contribution >= 4 is 0 Å². The van der Waals surface area contributed by atoms with Crippen molar-refractivity contribution in [2.24, 2.45) is 11.7 Å². The van der Waals surface area contributed by atoms with E-state index in [1.165, 1.54) is 18.5 Å². The standard InChI is InChI=1S/C5H7N/c6-5-2-3-1-4(3)5/h3H,1-2,6H2. The summed E-state index contributed by atoms with van der Waals surface area (Å²) in [7, 11) is 0. The van der Waals surface area contributed by atoms with E-state index in [9.17, 15) is 0 Å². The molecule has 0 radical (unpaired) electrons. The van der Waals surface area contributed by atoms with Crippen molar-refractivity contribution in [3.05, 3.63) is 11.3 Å². The highest BCUT2D eigenvalue weighted by Gasteiger charge is 2.40. The lowest BCUT2D eigenvalue weighted by Crippen LogP contribution is -2.04. The summed E-state index contributed by atoms with van der Waals surface area (Å²) in [6.07, 6.45) is 2.53. The van der Waals surface area contributed by atoms with Crippen molar-refractivity contribution in [2.75, 3.05) is 0 Å². The first-order valence-corrected chi connectivity index (χ1v) is 2.35. The third kappa shape index (κ3) is 0.125. The monoisotopic (exact) mass is 81.1 g/mol. The lowest BCUT2D eigenvalue weighted by Gasteiger charge is -2.04. The van der Waals surface area contributed by atoms with E-state index in [2.05, 4.69) is 0 Å². The van der Waals surface area contributed by atoms with Crippen molar-refractivity contribution < 1.29 is 0 Å². The molecule has 0 aromatic rings. The topological polar surface area (TPSA) is 26.0 Å². The van der Waals surface area contributed by atoms with Crippen LogP contribution in [-0.4, -0.2) is 0 Å². The molecule has 0 amide bonds. The van der Waals surface area contributed by atoms with Gasteiger partial charge in [0.2, 0.25) is 0 Å². The van der Waals surface area contributed by atoms with E-state index in [1.54, 1.807) is 5.57 Å². The van der Waals surface area contributed by atoms with E-state index < -0.39 is 0 Å². The van der Waals surface area contributed by atoms with Gasteiger partial charge in [-0.15, -0.1) is 0 Å². The van der Waals surface area contributed by atoms with Crippen LogP contribution in [0, 0.1) is 5.92 Å². The second-order valence-electron chi connectivity index (χ2n) is 2.16. The molecule has 1 nitrogen and oxygen atoms in total. The predicted molar refractivity (Wildman–Crippen MR) is 23.9 cm³/mol. The summed E-state index contributed by atoms with van der Waals surface area (Å²) in [4.78, 5) is 0. The highest BCUT2D eigenvalue weighted by atomic mass is 14.7. The first-order valence-electron chi connectivity index (χ1n) is 2.35. The maximum atomic E-state index is 5.44. The number of allylic oxidation sites excluding steroid dienone is 2. The lowest BCUT2D eigenvalue weighted by atomic mass is 10.1. The van der Waals surface area contributed by atoms with Gasteiger partial charge in [0.25, 0.3) is 0 Å². The molecule has 0 aliphatic heterocycles. The fourth-order valence-electron chi connectivity index (χ4n) is 1.06. The zero-order valence-corrected chi connectivity index (χ0v) is 3.57. The average molecular weight is 81.1 g/mol. The Morgan fingerprint density at radius 2 is 2.33 bits per heavy atom. The maximum absolute atomic E-state index is 5.44. The van der Waals surface area contributed by atoms with Crippen LogP contribution in [0.5, 0.6) is 0 Å². The van der Waals surface area contributed by atoms with Crippen molar-refractivity contribution in [1.29, 1.82) is 0 Å². The lowest BCUT2D eigenvalue weighted by molar-refractivity contribution is 0.780. The largest absolute Gasteiger partial charge is 0.402 e. The van der Waals surface area contributed by atoms with Gasteiger partial charge in [-0.05, 0) is 24.3 Å². The van der Waals surface area contributed by atoms with Gasteiger partial charge in [0.15, 0.2) is 0 Å². The van der Waals surface area contributed by atoms with Gasteiger partial charge >= 0.3 is 0 Å². The Hall–Kier alpha value is -0.460. The van der Waals surface area contributed by atoms with Crippen LogP contribution in [0.2, 0.25) is 0 Å². The SMILES string of the molecule is NC1=C2CC2C1. The molecule has 0 aromatic heterocycles. The molecule has 2 N–H and O–H groups in total. The minimum absolute atomic E-state index is 0.963. The minimum atomic E-state index is 0.963. The number of rotatable bonds is 0. The molecule has 2 aliphatic carbocycles. The van der Waals surface area contributed by atoms with E-state index in [-0.39, 0.29) is 0 Å². The zero-order chi connectivity index (χ0) is 4.15. The second kappa shape index (κ2) is 0.512. The van der Waals surface area contributed by atoms with Gasteiger partial charge in [0.05, 0.1) is 0 Å². The van der Waals surface area contributed by atoms with Gasteiger partial charge in [-0.3, -0.25) is 0 Å². The Bertz CT molecular complexity index is 124. The van der Waals surface area contributed by atoms with E-state index in [1.807, 2.05) is 0 Å². The van der Waals surface area contributed by atoms with Gasteiger partial charge in [-0.1, -0.05) is 0 Å². The van der Waals surface area contributed by atoms with Gasteiger partial charge < -0.3 is 5.73 Å². The molecule has 1 unspecified atom stereocenters. The third-order valence-electron chi connectivity index (χ3n) is 1.68. The summed E-state index contributed by atoms with van der Waals surface area (Å²) in [5.74, 6) is 0.963. The van der Waals surface area contributed by atoms with Crippen LogP contribution >= 0.6 is 0 Å². The molecule has 0 heterocycles. The number of hydrogen-bond acceptors (Lipinski definition) is 1. The summed E-state index contributed by atoms with van der Waals surface area (Å²) in [5, 5.41) is 0. The van der Waals surface area contributed by atoms with E-state index in [0.717, 1.165) is 5.92 Å². The van der Waals surface area contributed by atoms with E-state index in [4.69, 9.17) is 5.73 Å². The summed E-state index contributed by atoms with van der Waals surface area (Å²) in [5.41, 5.74) is 8.17. The fraction of sp³-hybridized carbons (Fsp3) is 0.600. The van der Waals surface area contributed by atoms with Crippen molar-refractivity contribution in [1.82, 2.24) is 0 Å². The Morgan fingerprint density at radius 1 is 1.50 bits per heavy atom. The summed E-state index contributed by atoms with van der Waals surface area (Å²) in [6, 6.07) is 0. The Kier molecular flexibility index (Phi) is 0.228. The molecule has 0 spiro atoms. The Morgan fingerprint density at radius 3 is 2.33 bits per heavy atom. The van der Waals surface area contributed by atoms with Gasteiger partial charge in [0.1, 0.15) is 0 Å². The van der Waals surface area contributed by atoms with Crippen molar-refractivity contribution in [3.63, 3.8) is 0 Å². The molecule has 0 aromatic carbocycles. The van der Waals surface area contributed by atoms with Gasteiger partial charge in [-0.2, -0.15) is 0 Å². The van der Waals surface area contributed by atoms with Crippen LogP contribution < -0.4 is 5.73 Å². The van der Waals surface area contributed by atoms with Crippen LogP contribution in [0.3, 0.4) is 0 Å². The molecule has 0 saturated heterocycles. The summed E-state index contributed by atoms with van der Waals surface area (Å²) >= 11 is 0. The molecular formula is C5H7N. The molecule has 1 fully saturated rings. The van der Waals surface area contributed by atoms with Crippen LogP contribution in [0.25, 0.3) is 0 Å². The Balaban J connectivity index is 2.47. The van der Waals surface area contributed by atoms with Crippen LogP contribution in [-0.2, 0) is 0 Å². The summed E-state index contributed by atoms with van der Waals surface area (Å²) < 4.78 is 0. The summed E-state index contributed by atoms with van der Waals surface area (Å²) in [6.45, 7) is 0. The zero-order valence-electron chi connectivity index (χ0n) is 3.57. The second-order valence-corrected chi connectivity index (χ2v) is 2.16. The Labute approximate surface area is 36.8 Å². The molecule has 0 bridgehead atoms. The molecule has 6 heavy (non-hydrogen) atoms. The normalized spacial score (nSPS) is 38.3. The number of fused-ring (bicyclic) bond motifs is 1. The highest BCUT2D eigenvalue weighted by molar-refractivity contribution is 5.39. The number of nitrogens with two attached hydrogens (primary N) is 1. The third-order valence-corrected chi connectivity index (χ3v) is 1.68. The molecule has 1 heteroatoms. The minimum Gasteiger partial charge on any atom is -0.402 e. The molecule has 32 valence electrons. The average Bonchev–Trinajstić information content (AvgIpc) is 2.12. The fourth-order valence-corrected chi connectivity index (χ4v) is 1.06. The smallest absolute Gasteiger partial charge is 0.00818 e. The quantitative estimate of drug-likeness (QED) is 0.454.